The van der Waals surface area contributed by atoms with Crippen molar-refractivity contribution in [2.24, 2.45) is 23.7 Å². The minimum Gasteiger partial charge on any atom is -0.491 e. The third-order valence-corrected chi connectivity index (χ3v) is 8.44. The van der Waals surface area contributed by atoms with Gasteiger partial charge in [0.1, 0.15) is 0 Å². The van der Waals surface area contributed by atoms with Crippen molar-refractivity contribution < 1.29 is 22.6 Å². The van der Waals surface area contributed by atoms with Crippen LogP contribution in [0.5, 0.6) is 11.5 Å². The summed E-state index contributed by atoms with van der Waals surface area (Å²) in [5, 5.41) is -0.118. The number of halogens is 3. The lowest BCUT2D eigenvalue weighted by Crippen LogP contribution is -2.21. The molecule has 2 aromatic rings. The van der Waals surface area contributed by atoms with Crippen molar-refractivity contribution >= 4 is 10.8 Å². The van der Waals surface area contributed by atoms with Gasteiger partial charge in [0.2, 0.25) is 5.82 Å². The van der Waals surface area contributed by atoms with Crippen molar-refractivity contribution in [3.05, 3.63) is 35.7 Å². The van der Waals surface area contributed by atoms with Crippen molar-refractivity contribution in [3.63, 3.8) is 0 Å². The van der Waals surface area contributed by atoms with Crippen molar-refractivity contribution in [2.45, 2.75) is 90.9 Å². The number of hydrogen-bond donors (Lipinski definition) is 0. The SMILES string of the molecule is CCCC1CCC(CCC2CCC(COc3cc4ccc(OCC)c(F)c4c(F)c3F)CC2)CC1. The number of hydrogen-bond acceptors (Lipinski definition) is 2. The highest BCUT2D eigenvalue weighted by Gasteiger charge is 2.26. The Hall–Kier alpha value is -1.91. The Balaban J connectivity index is 1.25. The summed E-state index contributed by atoms with van der Waals surface area (Å²) >= 11 is 0. The van der Waals surface area contributed by atoms with Crippen LogP contribution in [0.2, 0.25) is 0 Å². The molecule has 2 fully saturated rings. The summed E-state index contributed by atoms with van der Waals surface area (Å²) in [6.07, 6.45) is 15.6. The van der Waals surface area contributed by atoms with Crippen molar-refractivity contribution in [3.8, 4) is 11.5 Å². The molecule has 2 aliphatic carbocycles. The van der Waals surface area contributed by atoms with Gasteiger partial charge in [-0.2, -0.15) is 4.39 Å². The van der Waals surface area contributed by atoms with Gasteiger partial charge in [0.25, 0.3) is 0 Å². The van der Waals surface area contributed by atoms with Crippen LogP contribution in [0.4, 0.5) is 13.2 Å². The van der Waals surface area contributed by atoms with Crippen LogP contribution in [0.15, 0.2) is 18.2 Å². The van der Waals surface area contributed by atoms with Gasteiger partial charge in [-0.1, -0.05) is 77.2 Å². The van der Waals surface area contributed by atoms with E-state index in [1.54, 1.807) is 13.0 Å². The zero-order valence-electron chi connectivity index (χ0n) is 21.4. The van der Waals surface area contributed by atoms with E-state index in [2.05, 4.69) is 6.92 Å². The Labute approximate surface area is 208 Å². The number of rotatable bonds is 10. The molecule has 0 unspecified atom stereocenters. The van der Waals surface area contributed by atoms with E-state index in [0.717, 1.165) is 30.6 Å². The molecule has 35 heavy (non-hydrogen) atoms. The van der Waals surface area contributed by atoms with E-state index >= 15 is 0 Å². The molecule has 0 aromatic heterocycles. The first-order chi connectivity index (χ1) is 17.0. The molecular formula is C30H41F3O2. The van der Waals surface area contributed by atoms with Gasteiger partial charge < -0.3 is 9.47 Å². The summed E-state index contributed by atoms with van der Waals surface area (Å²) in [4.78, 5) is 0. The van der Waals surface area contributed by atoms with Crippen LogP contribution < -0.4 is 9.47 Å². The van der Waals surface area contributed by atoms with Gasteiger partial charge in [-0.25, -0.2) is 8.78 Å². The quantitative estimate of drug-likeness (QED) is 0.330. The van der Waals surface area contributed by atoms with Gasteiger partial charge in [-0.3, -0.25) is 0 Å². The van der Waals surface area contributed by atoms with Gasteiger partial charge in [0, 0.05) is 0 Å². The van der Waals surface area contributed by atoms with E-state index in [1.165, 1.54) is 76.3 Å². The van der Waals surface area contributed by atoms with Crippen molar-refractivity contribution in [2.75, 3.05) is 13.2 Å². The Morgan fingerprint density at radius 2 is 1.23 bits per heavy atom. The standard InChI is InChI=1S/C30H41F3O2/c1-3-5-20-6-8-21(9-7-20)10-11-22-12-14-23(15-13-22)19-35-26-18-24-16-17-25(34-4-2)28(31)27(24)30(33)29(26)32/h16-18,20-23H,3-15,19H2,1-2H3. The van der Waals surface area contributed by atoms with Gasteiger partial charge >= 0.3 is 0 Å². The van der Waals surface area contributed by atoms with E-state index in [4.69, 9.17) is 9.47 Å². The smallest absolute Gasteiger partial charge is 0.201 e. The molecule has 2 aromatic carbocycles. The molecule has 2 aliphatic rings. The van der Waals surface area contributed by atoms with Gasteiger partial charge in [-0.05, 0) is 61.0 Å². The van der Waals surface area contributed by atoms with Gasteiger partial charge in [0.05, 0.1) is 18.6 Å². The summed E-state index contributed by atoms with van der Waals surface area (Å²) in [7, 11) is 0. The average molecular weight is 491 g/mol. The second-order valence-corrected chi connectivity index (χ2v) is 10.9. The normalized spacial score (nSPS) is 25.1. The first kappa shape index (κ1) is 26.2. The minimum absolute atomic E-state index is 0.0760. The fraction of sp³-hybridized carbons (Fsp3) is 0.667. The third-order valence-electron chi connectivity index (χ3n) is 8.44. The van der Waals surface area contributed by atoms with E-state index in [9.17, 15) is 13.2 Å². The summed E-state index contributed by atoms with van der Waals surface area (Å²) in [5.74, 6) is -0.408. The van der Waals surface area contributed by atoms with Crippen molar-refractivity contribution in [1.82, 2.24) is 0 Å². The van der Waals surface area contributed by atoms with Crippen LogP contribution in [-0.2, 0) is 0 Å². The van der Waals surface area contributed by atoms with Crippen LogP contribution in [0.3, 0.4) is 0 Å². The highest BCUT2D eigenvalue weighted by Crippen LogP contribution is 2.38. The summed E-state index contributed by atoms with van der Waals surface area (Å²) < 4.78 is 54.9. The minimum atomic E-state index is -1.22. The molecule has 194 valence electrons. The topological polar surface area (TPSA) is 18.5 Å². The molecule has 0 spiro atoms. The van der Waals surface area contributed by atoms with E-state index in [1.807, 2.05) is 0 Å². The van der Waals surface area contributed by atoms with Crippen LogP contribution in [0.25, 0.3) is 10.8 Å². The maximum atomic E-state index is 14.7. The zero-order chi connectivity index (χ0) is 24.8. The van der Waals surface area contributed by atoms with Crippen LogP contribution in [0, 0.1) is 41.1 Å². The first-order valence-electron chi connectivity index (χ1n) is 13.9. The highest BCUT2D eigenvalue weighted by molar-refractivity contribution is 5.86. The molecule has 0 atom stereocenters. The van der Waals surface area contributed by atoms with Crippen LogP contribution >= 0.6 is 0 Å². The fourth-order valence-electron chi connectivity index (χ4n) is 6.29. The van der Waals surface area contributed by atoms with Gasteiger partial charge in [-0.15, -0.1) is 0 Å². The van der Waals surface area contributed by atoms with Crippen LogP contribution in [-0.4, -0.2) is 13.2 Å². The predicted molar refractivity (Wildman–Crippen MR) is 136 cm³/mol. The van der Waals surface area contributed by atoms with Crippen molar-refractivity contribution in [1.29, 1.82) is 0 Å². The Bertz CT molecular complexity index is 960. The number of benzene rings is 2. The molecule has 2 saturated carbocycles. The lowest BCUT2D eigenvalue weighted by atomic mass is 9.75. The second-order valence-electron chi connectivity index (χ2n) is 10.9. The van der Waals surface area contributed by atoms with Crippen LogP contribution in [0.1, 0.15) is 90.9 Å². The molecule has 0 N–H and O–H groups in total. The molecule has 0 amide bonds. The Morgan fingerprint density at radius 1 is 0.657 bits per heavy atom. The molecule has 4 rings (SSSR count). The fourth-order valence-corrected chi connectivity index (χ4v) is 6.29. The maximum absolute atomic E-state index is 14.7. The van der Waals surface area contributed by atoms with Gasteiger partial charge in [0.15, 0.2) is 23.1 Å². The van der Waals surface area contributed by atoms with E-state index in [0.29, 0.717) is 12.5 Å². The molecule has 0 saturated heterocycles. The molecule has 0 bridgehead atoms. The largest absolute Gasteiger partial charge is 0.491 e. The molecular weight excluding hydrogens is 449 g/mol. The molecule has 2 nitrogen and oxygen atoms in total. The third kappa shape index (κ3) is 6.46. The number of fused-ring (bicyclic) bond motifs is 1. The summed E-state index contributed by atoms with van der Waals surface area (Å²) in [6, 6.07) is 4.38. The monoisotopic (exact) mass is 490 g/mol. The predicted octanol–water partition coefficient (Wildman–Crippen LogP) is 9.23. The summed E-state index contributed by atoms with van der Waals surface area (Å²) in [6.45, 7) is 4.62. The lowest BCUT2D eigenvalue weighted by molar-refractivity contribution is 0.165. The molecule has 5 heteroatoms. The highest BCUT2D eigenvalue weighted by atomic mass is 19.2. The maximum Gasteiger partial charge on any atom is 0.201 e. The van der Waals surface area contributed by atoms with E-state index < -0.39 is 17.5 Å². The summed E-state index contributed by atoms with van der Waals surface area (Å²) in [5.41, 5.74) is 0. The lowest BCUT2D eigenvalue weighted by Gasteiger charge is -2.32. The number of ether oxygens (including phenoxy) is 2. The molecule has 0 aliphatic heterocycles. The first-order valence-corrected chi connectivity index (χ1v) is 13.9. The Kier molecular flexibility index (Phi) is 9.24. The molecule has 0 heterocycles. The second kappa shape index (κ2) is 12.4. The van der Waals surface area contributed by atoms with E-state index in [-0.39, 0.29) is 28.9 Å². The zero-order valence-corrected chi connectivity index (χ0v) is 21.4. The Morgan fingerprint density at radius 3 is 1.80 bits per heavy atom. The molecule has 0 radical (unpaired) electrons. The average Bonchev–Trinajstić information content (AvgIpc) is 2.87.